The summed E-state index contributed by atoms with van der Waals surface area (Å²) in [7, 11) is 0. The van der Waals surface area contributed by atoms with E-state index in [2.05, 4.69) is 0 Å². The molecule has 138 valence electrons. The molecule has 6 nitrogen and oxygen atoms in total. The van der Waals surface area contributed by atoms with E-state index >= 15 is 0 Å². The van der Waals surface area contributed by atoms with E-state index < -0.39 is 12.1 Å². The van der Waals surface area contributed by atoms with E-state index in [4.69, 9.17) is 4.74 Å². The van der Waals surface area contributed by atoms with Crippen molar-refractivity contribution in [3.8, 4) is 0 Å². The number of piperidine rings is 1. The zero-order chi connectivity index (χ0) is 18.1. The van der Waals surface area contributed by atoms with Gasteiger partial charge < -0.3 is 14.5 Å². The number of benzene rings is 1. The Morgan fingerprint density at radius 3 is 2.31 bits per heavy atom. The highest BCUT2D eigenvalue weighted by Gasteiger charge is 2.37. The van der Waals surface area contributed by atoms with Crippen LogP contribution in [0, 0.1) is 5.92 Å². The van der Waals surface area contributed by atoms with Gasteiger partial charge in [-0.05, 0) is 37.3 Å². The van der Waals surface area contributed by atoms with Gasteiger partial charge in [-0.2, -0.15) is 0 Å². The summed E-state index contributed by atoms with van der Waals surface area (Å²) in [5.74, 6) is -0.302. The second kappa shape index (κ2) is 7.09. The molecule has 4 rings (SSSR count). The Kier molecular flexibility index (Phi) is 4.66. The minimum absolute atomic E-state index is 0.0202. The molecule has 2 saturated heterocycles. The average molecular weight is 356 g/mol. The number of carbonyl (C=O) groups excluding carboxylic acids is 3. The van der Waals surface area contributed by atoms with Crippen LogP contribution in [0.2, 0.25) is 0 Å². The molecule has 2 amide bonds. The molecule has 1 atom stereocenters. The van der Waals surface area contributed by atoms with E-state index in [1.807, 2.05) is 17.0 Å². The van der Waals surface area contributed by atoms with Gasteiger partial charge in [-0.3, -0.25) is 9.59 Å². The van der Waals surface area contributed by atoms with Gasteiger partial charge in [-0.25, -0.2) is 4.79 Å². The second-order valence-corrected chi connectivity index (χ2v) is 7.39. The predicted octanol–water partition coefficient (Wildman–Crippen LogP) is 1.63. The van der Waals surface area contributed by atoms with E-state index in [9.17, 15) is 14.4 Å². The quantitative estimate of drug-likeness (QED) is 0.756. The summed E-state index contributed by atoms with van der Waals surface area (Å²) in [6, 6.07) is 7.27. The lowest BCUT2D eigenvalue weighted by molar-refractivity contribution is -0.145. The number of amides is 2. The lowest BCUT2D eigenvalue weighted by atomic mass is 9.93. The maximum absolute atomic E-state index is 12.8. The molecule has 1 aromatic rings. The highest BCUT2D eigenvalue weighted by molar-refractivity contribution is 5.95. The second-order valence-electron chi connectivity index (χ2n) is 7.39. The number of fused-ring (bicyclic) bond motifs is 1. The van der Waals surface area contributed by atoms with Crippen molar-refractivity contribution in [3.05, 3.63) is 35.4 Å². The zero-order valence-electron chi connectivity index (χ0n) is 14.9. The van der Waals surface area contributed by atoms with E-state index in [0.29, 0.717) is 37.9 Å². The molecule has 0 aliphatic carbocycles. The Morgan fingerprint density at radius 2 is 1.58 bits per heavy atom. The Bertz CT molecular complexity index is 718. The first-order valence-electron chi connectivity index (χ1n) is 9.50. The maximum atomic E-state index is 12.8. The number of hydrogen-bond acceptors (Lipinski definition) is 4. The molecule has 0 N–H and O–H groups in total. The monoisotopic (exact) mass is 356 g/mol. The van der Waals surface area contributed by atoms with Gasteiger partial charge in [0.25, 0.3) is 5.91 Å². The molecule has 26 heavy (non-hydrogen) atoms. The van der Waals surface area contributed by atoms with Gasteiger partial charge >= 0.3 is 5.97 Å². The van der Waals surface area contributed by atoms with Crippen LogP contribution in [-0.2, 0) is 20.7 Å². The Morgan fingerprint density at radius 1 is 0.923 bits per heavy atom. The first-order chi connectivity index (χ1) is 12.6. The van der Waals surface area contributed by atoms with E-state index in [1.165, 1.54) is 0 Å². The molecule has 0 spiro atoms. The van der Waals surface area contributed by atoms with E-state index in [0.717, 1.165) is 31.5 Å². The van der Waals surface area contributed by atoms with E-state index in [-0.39, 0.29) is 17.7 Å². The zero-order valence-corrected chi connectivity index (χ0v) is 14.9. The first kappa shape index (κ1) is 17.1. The van der Waals surface area contributed by atoms with Crippen molar-refractivity contribution in [2.75, 3.05) is 26.2 Å². The van der Waals surface area contributed by atoms with Crippen molar-refractivity contribution in [3.63, 3.8) is 0 Å². The number of carbonyl (C=O) groups is 3. The fraction of sp³-hybridized carbons (Fsp3) is 0.550. The average Bonchev–Trinajstić information content (AvgIpc) is 3.22. The fourth-order valence-electron chi connectivity index (χ4n) is 4.22. The minimum Gasteiger partial charge on any atom is -0.448 e. The van der Waals surface area contributed by atoms with Gasteiger partial charge in [0.05, 0.1) is 5.56 Å². The normalized spacial score (nSPS) is 23.5. The molecule has 1 unspecified atom stereocenters. The highest BCUT2D eigenvalue weighted by Crippen LogP contribution is 2.25. The highest BCUT2D eigenvalue weighted by atomic mass is 16.5. The lowest BCUT2D eigenvalue weighted by Crippen LogP contribution is -2.49. The number of cyclic esters (lactones) is 1. The third-order valence-corrected chi connectivity index (χ3v) is 5.74. The number of ether oxygens (including phenoxy) is 1. The molecule has 2 fully saturated rings. The minimum atomic E-state index is -0.747. The lowest BCUT2D eigenvalue weighted by Gasteiger charge is -2.35. The molecule has 1 aromatic carbocycles. The van der Waals surface area contributed by atoms with Gasteiger partial charge in [0.15, 0.2) is 6.10 Å². The number of likely N-dealkylation sites (tertiary alicyclic amines) is 2. The van der Waals surface area contributed by atoms with Crippen LogP contribution in [0.1, 0.15) is 41.6 Å². The number of rotatable bonds is 2. The van der Waals surface area contributed by atoms with Crippen molar-refractivity contribution >= 4 is 17.8 Å². The summed E-state index contributed by atoms with van der Waals surface area (Å²) >= 11 is 0. The van der Waals surface area contributed by atoms with Crippen molar-refractivity contribution in [2.24, 2.45) is 5.92 Å². The van der Waals surface area contributed by atoms with Crippen LogP contribution in [0.5, 0.6) is 0 Å². The van der Waals surface area contributed by atoms with Gasteiger partial charge in [0.1, 0.15) is 0 Å². The van der Waals surface area contributed by atoms with Crippen LogP contribution in [0.4, 0.5) is 0 Å². The maximum Gasteiger partial charge on any atom is 0.339 e. The molecule has 0 saturated carbocycles. The van der Waals surface area contributed by atoms with Crippen molar-refractivity contribution in [2.45, 2.75) is 38.2 Å². The SMILES string of the molecule is O=C1OC(C(=O)N2CCC(C(=O)N3CCCC3)CC2)Cc2ccccc21. The van der Waals surface area contributed by atoms with Crippen LogP contribution in [0.3, 0.4) is 0 Å². The van der Waals surface area contributed by atoms with Crippen molar-refractivity contribution in [1.82, 2.24) is 9.80 Å². The smallest absolute Gasteiger partial charge is 0.339 e. The largest absolute Gasteiger partial charge is 0.448 e. The van der Waals surface area contributed by atoms with Gasteiger partial charge in [-0.15, -0.1) is 0 Å². The molecule has 3 aliphatic heterocycles. The van der Waals surface area contributed by atoms with Crippen LogP contribution in [0.25, 0.3) is 0 Å². The van der Waals surface area contributed by atoms with E-state index in [1.54, 1.807) is 17.0 Å². The molecular formula is C20H24N2O4. The molecular weight excluding hydrogens is 332 g/mol. The van der Waals surface area contributed by atoms with Gasteiger partial charge in [0.2, 0.25) is 5.91 Å². The number of esters is 1. The topological polar surface area (TPSA) is 66.9 Å². The molecule has 0 radical (unpaired) electrons. The first-order valence-corrected chi connectivity index (χ1v) is 9.50. The van der Waals surface area contributed by atoms with Gasteiger partial charge in [0, 0.05) is 38.5 Å². The summed E-state index contributed by atoms with van der Waals surface area (Å²) in [5, 5.41) is 0. The molecule has 6 heteroatoms. The van der Waals surface area contributed by atoms with Crippen molar-refractivity contribution in [1.29, 1.82) is 0 Å². The fourth-order valence-corrected chi connectivity index (χ4v) is 4.22. The molecule has 0 bridgehead atoms. The number of hydrogen-bond donors (Lipinski definition) is 0. The standard InChI is InChI=1S/C20H24N2O4/c23-18(21-9-3-4-10-21)14-7-11-22(12-8-14)19(24)17-13-15-5-1-2-6-16(15)20(25)26-17/h1-2,5-6,14,17H,3-4,7-13H2. The van der Waals surface area contributed by atoms with Crippen LogP contribution in [-0.4, -0.2) is 59.9 Å². The van der Waals surface area contributed by atoms with Crippen LogP contribution >= 0.6 is 0 Å². The van der Waals surface area contributed by atoms with Crippen molar-refractivity contribution < 1.29 is 19.1 Å². The third kappa shape index (κ3) is 3.20. The Hall–Kier alpha value is -2.37. The number of nitrogens with zero attached hydrogens (tertiary/aromatic N) is 2. The molecule has 0 aromatic heterocycles. The third-order valence-electron chi connectivity index (χ3n) is 5.74. The van der Waals surface area contributed by atoms with Gasteiger partial charge in [-0.1, -0.05) is 18.2 Å². The molecule has 3 heterocycles. The Labute approximate surface area is 153 Å². The summed E-state index contributed by atoms with van der Waals surface area (Å²) in [6.07, 6.45) is 3.25. The molecule has 3 aliphatic rings. The van der Waals surface area contributed by atoms with Crippen LogP contribution < -0.4 is 0 Å². The summed E-state index contributed by atoms with van der Waals surface area (Å²) < 4.78 is 5.38. The predicted molar refractivity (Wildman–Crippen MR) is 94.5 cm³/mol. The summed E-state index contributed by atoms with van der Waals surface area (Å²) in [4.78, 5) is 41.1. The van der Waals surface area contributed by atoms with Crippen LogP contribution in [0.15, 0.2) is 24.3 Å². The summed E-state index contributed by atoms with van der Waals surface area (Å²) in [6.45, 7) is 2.85. The Balaban J connectivity index is 1.35. The summed E-state index contributed by atoms with van der Waals surface area (Å²) in [5.41, 5.74) is 1.41.